The molecule has 0 unspecified atom stereocenters. The molecule has 1 aliphatic rings. The van der Waals surface area contributed by atoms with Gasteiger partial charge in [-0.15, -0.1) is 0 Å². The van der Waals surface area contributed by atoms with Crippen molar-refractivity contribution in [2.24, 2.45) is 0 Å². The van der Waals surface area contributed by atoms with Crippen LogP contribution in [0.25, 0.3) is 116 Å². The van der Waals surface area contributed by atoms with Gasteiger partial charge in [-0.1, -0.05) is 141 Å². The van der Waals surface area contributed by atoms with Crippen LogP contribution in [0.1, 0.15) is 25.0 Å². The van der Waals surface area contributed by atoms with Gasteiger partial charge in [0.25, 0.3) is 0 Å². The highest BCUT2D eigenvalue weighted by Crippen LogP contribution is 2.53. The van der Waals surface area contributed by atoms with Gasteiger partial charge in [0, 0.05) is 49.0 Å². The number of benzene rings is 9. The quantitative estimate of drug-likeness (QED) is 0.179. The molecule has 1 aliphatic carbocycles. The largest absolute Gasteiger partial charge is 0.456 e. The number of para-hydroxylation sites is 2. The molecular weight excluding hydrogens is 731 g/mol. The van der Waals surface area contributed by atoms with Crippen molar-refractivity contribution >= 4 is 65.7 Å². The third-order valence-electron chi connectivity index (χ3n) is 13.2. The molecule has 9 aromatic carbocycles. The molecule has 0 atom stereocenters. The summed E-state index contributed by atoms with van der Waals surface area (Å²) in [7, 11) is 0. The predicted octanol–water partition coefficient (Wildman–Crippen LogP) is 15.9. The van der Waals surface area contributed by atoms with E-state index in [0.717, 1.165) is 44.2 Å². The summed E-state index contributed by atoms with van der Waals surface area (Å²) in [4.78, 5) is 0. The molecule has 3 aromatic heterocycles. The number of hydrogen-bond donors (Lipinski definition) is 0. The first-order valence-electron chi connectivity index (χ1n) is 20.7. The zero-order valence-electron chi connectivity index (χ0n) is 33.2. The van der Waals surface area contributed by atoms with Crippen LogP contribution in [0.4, 0.5) is 0 Å². The second kappa shape index (κ2) is 12.2. The van der Waals surface area contributed by atoms with Crippen LogP contribution in [-0.2, 0) is 5.41 Å². The minimum absolute atomic E-state index is 0.214. The van der Waals surface area contributed by atoms with Gasteiger partial charge in [-0.05, 0) is 111 Å². The standard InChI is InChI=1S/C57H37NO2/c1-57(2)48-26-25-43-41-12-6-9-15-53(41)60-56(43)55(48)44-24-23-40(33-49(44)57)58-50-27-20-37(36-18-16-35(17-19-36)34-10-4-3-5-11-34)30-45(50)46-31-38(21-28-51(46)58)39-22-29-54-47(32-39)42-13-7-8-14-52(42)59-54/h3-33H,1-2H3. The van der Waals surface area contributed by atoms with Crippen LogP contribution in [0.3, 0.4) is 0 Å². The summed E-state index contributed by atoms with van der Waals surface area (Å²) >= 11 is 0. The lowest BCUT2D eigenvalue weighted by Crippen LogP contribution is -2.15. The lowest BCUT2D eigenvalue weighted by atomic mass is 9.82. The van der Waals surface area contributed by atoms with Crippen LogP contribution >= 0.6 is 0 Å². The number of furan rings is 2. The fourth-order valence-corrected chi connectivity index (χ4v) is 10.2. The third kappa shape index (κ3) is 4.72. The first kappa shape index (κ1) is 33.4. The van der Waals surface area contributed by atoms with Crippen LogP contribution in [-0.4, -0.2) is 4.57 Å². The predicted molar refractivity (Wildman–Crippen MR) is 249 cm³/mol. The fourth-order valence-electron chi connectivity index (χ4n) is 10.2. The van der Waals surface area contributed by atoms with Gasteiger partial charge in [0.2, 0.25) is 0 Å². The van der Waals surface area contributed by atoms with Crippen molar-refractivity contribution in [3.8, 4) is 50.2 Å². The SMILES string of the molecule is CC1(C)c2cc(-n3c4ccc(-c5ccc(-c6ccccc6)cc5)cc4c4cc(-c5ccc6oc7ccccc7c6c5)ccc43)ccc2-c2c1ccc1c2oc2ccccc21. The van der Waals surface area contributed by atoms with Gasteiger partial charge in [0.05, 0.1) is 11.0 Å². The van der Waals surface area contributed by atoms with Crippen molar-refractivity contribution < 1.29 is 8.83 Å². The highest BCUT2D eigenvalue weighted by molar-refractivity contribution is 6.14. The van der Waals surface area contributed by atoms with Crippen molar-refractivity contribution in [2.75, 3.05) is 0 Å². The lowest BCUT2D eigenvalue weighted by molar-refractivity contribution is 0.653. The number of nitrogens with zero attached hydrogens (tertiary/aromatic N) is 1. The van der Waals surface area contributed by atoms with E-state index < -0.39 is 0 Å². The van der Waals surface area contributed by atoms with Crippen LogP contribution in [0.5, 0.6) is 0 Å². The van der Waals surface area contributed by atoms with E-state index in [1.807, 2.05) is 18.2 Å². The highest BCUT2D eigenvalue weighted by Gasteiger charge is 2.38. The van der Waals surface area contributed by atoms with Gasteiger partial charge in [0.15, 0.2) is 0 Å². The van der Waals surface area contributed by atoms with E-state index >= 15 is 0 Å². The second-order valence-electron chi connectivity index (χ2n) is 16.9. The summed E-state index contributed by atoms with van der Waals surface area (Å²) in [5, 5.41) is 7.03. The number of hydrogen-bond acceptors (Lipinski definition) is 2. The molecule has 0 N–H and O–H groups in total. The van der Waals surface area contributed by atoms with Crippen molar-refractivity contribution in [3.05, 3.63) is 199 Å². The van der Waals surface area contributed by atoms with Gasteiger partial charge < -0.3 is 13.4 Å². The highest BCUT2D eigenvalue weighted by atomic mass is 16.3. The van der Waals surface area contributed by atoms with Gasteiger partial charge in [0.1, 0.15) is 22.3 Å². The molecule has 282 valence electrons. The molecule has 3 nitrogen and oxygen atoms in total. The van der Waals surface area contributed by atoms with E-state index in [2.05, 4.69) is 188 Å². The first-order chi connectivity index (χ1) is 29.5. The lowest BCUT2D eigenvalue weighted by Gasteiger charge is -2.22. The molecule has 0 radical (unpaired) electrons. The van der Waals surface area contributed by atoms with Gasteiger partial charge in [-0.2, -0.15) is 0 Å². The fraction of sp³-hybridized carbons (Fsp3) is 0.0526. The summed E-state index contributed by atoms with van der Waals surface area (Å²) < 4.78 is 15.3. The second-order valence-corrected chi connectivity index (χ2v) is 16.9. The van der Waals surface area contributed by atoms with Crippen molar-refractivity contribution in [1.29, 1.82) is 0 Å². The average molecular weight is 768 g/mol. The Hall–Kier alpha value is -7.62. The Bertz CT molecular complexity index is 3730. The van der Waals surface area contributed by atoms with Crippen molar-refractivity contribution in [3.63, 3.8) is 0 Å². The minimum Gasteiger partial charge on any atom is -0.456 e. The van der Waals surface area contributed by atoms with E-state index in [0.29, 0.717) is 0 Å². The topological polar surface area (TPSA) is 31.2 Å². The van der Waals surface area contributed by atoms with E-state index in [1.54, 1.807) is 0 Å². The van der Waals surface area contributed by atoms with Crippen LogP contribution in [0.15, 0.2) is 197 Å². The first-order valence-corrected chi connectivity index (χ1v) is 20.7. The van der Waals surface area contributed by atoms with Crippen molar-refractivity contribution in [2.45, 2.75) is 19.3 Å². The van der Waals surface area contributed by atoms with Crippen molar-refractivity contribution in [1.82, 2.24) is 4.57 Å². The molecule has 0 spiro atoms. The molecule has 0 aliphatic heterocycles. The molecule has 0 saturated heterocycles. The Morgan fingerprint density at radius 2 is 0.900 bits per heavy atom. The molecule has 12 aromatic rings. The van der Waals surface area contributed by atoms with Gasteiger partial charge in [-0.3, -0.25) is 0 Å². The van der Waals surface area contributed by atoms with Gasteiger partial charge in [-0.25, -0.2) is 0 Å². The average Bonchev–Trinajstić information content (AvgIpc) is 4.02. The Kier molecular flexibility index (Phi) is 6.78. The number of rotatable bonds is 4. The monoisotopic (exact) mass is 767 g/mol. The maximum Gasteiger partial charge on any atom is 0.143 e. The summed E-state index contributed by atoms with van der Waals surface area (Å²) in [5.41, 5.74) is 19.2. The molecule has 60 heavy (non-hydrogen) atoms. The molecule has 13 rings (SSSR count). The van der Waals surface area contributed by atoms with Crippen LogP contribution in [0.2, 0.25) is 0 Å². The Morgan fingerprint density at radius 1 is 0.367 bits per heavy atom. The summed E-state index contributed by atoms with van der Waals surface area (Å²) in [5.74, 6) is 0. The number of fused-ring (bicyclic) bond motifs is 13. The van der Waals surface area contributed by atoms with E-state index in [-0.39, 0.29) is 5.41 Å². The van der Waals surface area contributed by atoms with E-state index in [9.17, 15) is 0 Å². The molecule has 0 amide bonds. The Balaban J connectivity index is 1.00. The van der Waals surface area contributed by atoms with Crippen LogP contribution in [0, 0.1) is 0 Å². The minimum atomic E-state index is -0.214. The molecule has 3 heterocycles. The summed E-state index contributed by atoms with van der Waals surface area (Å²) in [6, 6.07) is 68.3. The molecule has 0 fully saturated rings. The normalized spacial score (nSPS) is 13.3. The third-order valence-corrected chi connectivity index (χ3v) is 13.2. The maximum atomic E-state index is 6.62. The summed E-state index contributed by atoms with van der Waals surface area (Å²) in [6.45, 7) is 4.70. The van der Waals surface area contributed by atoms with E-state index in [4.69, 9.17) is 8.83 Å². The van der Waals surface area contributed by atoms with Gasteiger partial charge >= 0.3 is 0 Å². The molecule has 3 heteroatoms. The Morgan fingerprint density at radius 3 is 1.62 bits per heavy atom. The number of aromatic nitrogens is 1. The molecule has 0 bridgehead atoms. The summed E-state index contributed by atoms with van der Waals surface area (Å²) in [6.07, 6.45) is 0. The molecule has 0 saturated carbocycles. The zero-order valence-corrected chi connectivity index (χ0v) is 33.2. The maximum absolute atomic E-state index is 6.62. The zero-order chi connectivity index (χ0) is 39.7. The smallest absolute Gasteiger partial charge is 0.143 e. The molecular formula is C57H37NO2. The van der Waals surface area contributed by atoms with Crippen LogP contribution < -0.4 is 0 Å². The van der Waals surface area contributed by atoms with E-state index in [1.165, 1.54) is 82.8 Å². The Labute approximate surface area is 346 Å².